The lowest BCUT2D eigenvalue weighted by Crippen LogP contribution is -2.13. The van der Waals surface area contributed by atoms with Gasteiger partial charge in [-0.25, -0.2) is 9.97 Å². The van der Waals surface area contributed by atoms with Crippen LogP contribution in [0, 0.1) is 0 Å². The van der Waals surface area contributed by atoms with E-state index in [2.05, 4.69) is 27.9 Å². The zero-order valence-corrected chi connectivity index (χ0v) is 7.91. The molecule has 0 aliphatic heterocycles. The van der Waals surface area contributed by atoms with Crippen LogP contribution in [0.15, 0.2) is 12.4 Å². The van der Waals surface area contributed by atoms with E-state index < -0.39 is 0 Å². The third kappa shape index (κ3) is 2.90. The summed E-state index contributed by atoms with van der Waals surface area (Å²) < 4.78 is 4.75. The molecule has 0 aliphatic carbocycles. The van der Waals surface area contributed by atoms with E-state index in [1.807, 2.05) is 0 Å². The first-order valence-electron chi connectivity index (χ1n) is 3.53. The first kappa shape index (κ1) is 9.79. The smallest absolute Gasteiger partial charge is 0.316 e. The summed E-state index contributed by atoms with van der Waals surface area (Å²) in [5.41, 5.74) is 0.528. The summed E-state index contributed by atoms with van der Waals surface area (Å²) in [5.74, 6) is -0.0661. The third-order valence-electron chi connectivity index (χ3n) is 1.24. The Morgan fingerprint density at radius 3 is 2.69 bits per heavy atom. The Morgan fingerprint density at radius 2 is 2.23 bits per heavy atom. The van der Waals surface area contributed by atoms with E-state index in [-0.39, 0.29) is 17.7 Å². The van der Waals surface area contributed by atoms with Crippen molar-refractivity contribution in [1.29, 1.82) is 0 Å². The molecule has 1 aromatic rings. The normalized spacial score (nSPS) is 9.38. The minimum absolute atomic E-state index is 0.131. The molecule has 0 saturated heterocycles. The molecule has 5 nitrogen and oxygen atoms in total. The van der Waals surface area contributed by atoms with E-state index in [9.17, 15) is 4.79 Å². The second-order valence-corrected chi connectivity index (χ2v) is 2.48. The van der Waals surface area contributed by atoms with Gasteiger partial charge in [0.25, 0.3) is 0 Å². The number of hydrogen-bond donors (Lipinski definition) is 2. The van der Waals surface area contributed by atoms with E-state index in [4.69, 9.17) is 4.74 Å². The van der Waals surface area contributed by atoms with Crippen molar-refractivity contribution in [2.45, 2.75) is 0 Å². The van der Waals surface area contributed by atoms with Crippen molar-refractivity contribution in [2.75, 3.05) is 18.2 Å². The van der Waals surface area contributed by atoms with Crippen molar-refractivity contribution in [2.24, 2.45) is 0 Å². The summed E-state index contributed by atoms with van der Waals surface area (Å²) in [7, 11) is 1.47. The molecule has 1 aromatic heterocycles. The predicted molar refractivity (Wildman–Crippen MR) is 51.1 cm³/mol. The highest BCUT2D eigenvalue weighted by Gasteiger charge is 2.00. The highest BCUT2D eigenvalue weighted by atomic mass is 32.1. The van der Waals surface area contributed by atoms with Crippen molar-refractivity contribution in [3.05, 3.63) is 12.4 Å². The minimum atomic E-state index is -0.197. The number of anilines is 1. The summed E-state index contributed by atoms with van der Waals surface area (Å²) in [6.07, 6.45) is 2.93. The van der Waals surface area contributed by atoms with Gasteiger partial charge in [0.1, 0.15) is 0 Å². The molecule has 13 heavy (non-hydrogen) atoms. The number of methoxy groups -OCH3 is 1. The van der Waals surface area contributed by atoms with Gasteiger partial charge in [-0.3, -0.25) is 4.79 Å². The molecule has 0 unspecified atom stereocenters. The van der Waals surface area contributed by atoms with Crippen molar-refractivity contribution in [1.82, 2.24) is 9.97 Å². The topological polar surface area (TPSA) is 64.1 Å². The number of nitrogens with one attached hydrogen (secondary N) is 1. The average molecular weight is 199 g/mol. The van der Waals surface area contributed by atoms with Gasteiger partial charge in [-0.1, -0.05) is 0 Å². The number of nitrogens with zero attached hydrogens (tertiary/aromatic N) is 2. The van der Waals surface area contributed by atoms with Crippen molar-refractivity contribution >= 4 is 24.2 Å². The van der Waals surface area contributed by atoms with Gasteiger partial charge in [-0.15, -0.1) is 0 Å². The number of amides is 1. The molecule has 1 amide bonds. The molecular weight excluding hydrogens is 190 g/mol. The van der Waals surface area contributed by atoms with E-state index in [1.165, 1.54) is 19.5 Å². The molecule has 0 saturated carbocycles. The molecule has 0 spiro atoms. The molecule has 0 fully saturated rings. The molecule has 0 bridgehead atoms. The fourth-order valence-corrected chi connectivity index (χ4v) is 0.766. The summed E-state index contributed by atoms with van der Waals surface area (Å²) >= 11 is 3.81. The number of carbonyl (C=O) groups is 1. The highest BCUT2D eigenvalue weighted by Crippen LogP contribution is 2.06. The Labute approximate surface area is 80.9 Å². The van der Waals surface area contributed by atoms with Gasteiger partial charge < -0.3 is 10.1 Å². The standard InChI is InChI=1S/C7H9N3O2S/c1-12-7-8-2-5(3-9-7)10-6(11)4-13/h2-3,13H,4H2,1H3,(H,10,11). The molecule has 1 heterocycles. The Kier molecular flexibility index (Phi) is 3.51. The zero-order valence-electron chi connectivity index (χ0n) is 7.02. The van der Waals surface area contributed by atoms with E-state index >= 15 is 0 Å². The Hall–Kier alpha value is -1.30. The molecule has 0 atom stereocenters. The SMILES string of the molecule is COc1ncc(NC(=O)CS)cn1. The van der Waals surface area contributed by atoms with Crippen LogP contribution in [0.3, 0.4) is 0 Å². The van der Waals surface area contributed by atoms with Crippen molar-refractivity contribution < 1.29 is 9.53 Å². The molecule has 1 N–H and O–H groups in total. The lowest BCUT2D eigenvalue weighted by molar-refractivity contribution is -0.113. The van der Waals surface area contributed by atoms with Crippen molar-refractivity contribution in [3.8, 4) is 6.01 Å². The van der Waals surface area contributed by atoms with Gasteiger partial charge in [0.05, 0.1) is 30.9 Å². The van der Waals surface area contributed by atoms with Crippen LogP contribution in [0.25, 0.3) is 0 Å². The van der Waals surface area contributed by atoms with Gasteiger partial charge in [0.15, 0.2) is 0 Å². The predicted octanol–water partition coefficient (Wildman–Crippen LogP) is 0.353. The van der Waals surface area contributed by atoms with Crippen LogP contribution in [-0.2, 0) is 4.79 Å². The molecule has 0 radical (unpaired) electrons. The van der Waals surface area contributed by atoms with Crippen LogP contribution < -0.4 is 10.1 Å². The zero-order chi connectivity index (χ0) is 9.68. The average Bonchev–Trinajstić information content (AvgIpc) is 2.19. The second kappa shape index (κ2) is 4.66. The molecule has 0 aliphatic rings. The fourth-order valence-electron chi connectivity index (χ4n) is 0.687. The van der Waals surface area contributed by atoms with Crippen LogP contribution in [0.2, 0.25) is 0 Å². The lowest BCUT2D eigenvalue weighted by atomic mass is 10.5. The number of rotatable bonds is 3. The van der Waals surface area contributed by atoms with Crippen LogP contribution in [0.4, 0.5) is 5.69 Å². The Morgan fingerprint density at radius 1 is 1.62 bits per heavy atom. The fraction of sp³-hybridized carbons (Fsp3) is 0.286. The minimum Gasteiger partial charge on any atom is -0.467 e. The number of aromatic nitrogens is 2. The van der Waals surface area contributed by atoms with Gasteiger partial charge in [0, 0.05) is 0 Å². The summed E-state index contributed by atoms with van der Waals surface area (Å²) in [6.45, 7) is 0. The molecule has 1 rings (SSSR count). The maximum absolute atomic E-state index is 10.9. The Balaban J connectivity index is 2.64. The second-order valence-electron chi connectivity index (χ2n) is 2.16. The summed E-state index contributed by atoms with van der Waals surface area (Å²) in [5, 5.41) is 2.55. The van der Waals surface area contributed by atoms with Gasteiger partial charge in [-0.05, 0) is 0 Å². The highest BCUT2D eigenvalue weighted by molar-refractivity contribution is 7.81. The largest absolute Gasteiger partial charge is 0.467 e. The Bertz CT molecular complexity index is 288. The molecular formula is C7H9N3O2S. The maximum Gasteiger partial charge on any atom is 0.316 e. The number of thiol groups is 1. The summed E-state index contributed by atoms with van der Waals surface area (Å²) in [4.78, 5) is 18.5. The lowest BCUT2D eigenvalue weighted by Gasteiger charge is -2.02. The number of ether oxygens (including phenoxy) is 1. The monoisotopic (exact) mass is 199 g/mol. The maximum atomic E-state index is 10.9. The first-order valence-corrected chi connectivity index (χ1v) is 4.16. The van der Waals surface area contributed by atoms with E-state index in [0.29, 0.717) is 5.69 Å². The van der Waals surface area contributed by atoms with Gasteiger partial charge >= 0.3 is 6.01 Å². The van der Waals surface area contributed by atoms with E-state index in [0.717, 1.165) is 0 Å². The van der Waals surface area contributed by atoms with E-state index in [1.54, 1.807) is 0 Å². The van der Waals surface area contributed by atoms with Crippen LogP contribution in [0.1, 0.15) is 0 Å². The third-order valence-corrected chi connectivity index (χ3v) is 1.53. The number of carbonyl (C=O) groups excluding carboxylic acids is 1. The molecule has 70 valence electrons. The van der Waals surface area contributed by atoms with Crippen LogP contribution in [0.5, 0.6) is 6.01 Å². The van der Waals surface area contributed by atoms with Gasteiger partial charge in [0.2, 0.25) is 5.91 Å². The quantitative estimate of drug-likeness (QED) is 0.690. The number of hydrogen-bond acceptors (Lipinski definition) is 5. The molecule has 6 heteroatoms. The molecule has 0 aromatic carbocycles. The van der Waals surface area contributed by atoms with Gasteiger partial charge in [-0.2, -0.15) is 12.6 Å². The van der Waals surface area contributed by atoms with Crippen LogP contribution in [-0.4, -0.2) is 28.7 Å². The first-order chi connectivity index (χ1) is 6.26. The van der Waals surface area contributed by atoms with Crippen molar-refractivity contribution in [3.63, 3.8) is 0 Å². The van der Waals surface area contributed by atoms with Crippen LogP contribution >= 0.6 is 12.6 Å². The summed E-state index contributed by atoms with van der Waals surface area (Å²) in [6, 6.07) is 0.267.